The predicted molar refractivity (Wildman–Crippen MR) is 84.7 cm³/mol. The number of ketones is 1. The second-order valence-electron chi connectivity index (χ2n) is 4.89. The van der Waals surface area contributed by atoms with Crippen LogP contribution in [0.5, 0.6) is 0 Å². The van der Waals surface area contributed by atoms with Gasteiger partial charge < -0.3 is 10.6 Å². The highest BCUT2D eigenvalue weighted by atomic mass is 19.1. The first-order chi connectivity index (χ1) is 11.0. The van der Waals surface area contributed by atoms with Gasteiger partial charge in [-0.3, -0.25) is 14.4 Å². The maximum atomic E-state index is 13.4. The van der Waals surface area contributed by atoms with Gasteiger partial charge in [0.2, 0.25) is 11.8 Å². The molecule has 0 aliphatic rings. The molecule has 2 amide bonds. The zero-order valence-electron chi connectivity index (χ0n) is 12.4. The highest BCUT2D eigenvalue weighted by molar-refractivity contribution is 6.08. The smallest absolute Gasteiger partial charge is 0.233 e. The molecule has 5 nitrogen and oxygen atoms in total. The number of carbonyl (C=O) groups excluding carboxylic acids is 3. The zero-order valence-corrected chi connectivity index (χ0v) is 12.4. The molecule has 23 heavy (non-hydrogen) atoms. The first-order valence-corrected chi connectivity index (χ1v) is 6.91. The van der Waals surface area contributed by atoms with Gasteiger partial charge in [-0.2, -0.15) is 0 Å². The van der Waals surface area contributed by atoms with Gasteiger partial charge in [0.1, 0.15) is 12.2 Å². The maximum absolute atomic E-state index is 13.4. The quantitative estimate of drug-likeness (QED) is 0.658. The van der Waals surface area contributed by atoms with E-state index < -0.39 is 24.1 Å². The molecular weight excluding hydrogens is 299 g/mol. The first kappa shape index (κ1) is 16.4. The van der Waals surface area contributed by atoms with Crippen LogP contribution in [-0.2, 0) is 9.59 Å². The van der Waals surface area contributed by atoms with Gasteiger partial charge in [0.05, 0.1) is 5.69 Å². The Hall–Kier alpha value is -3.02. The molecule has 0 radical (unpaired) electrons. The summed E-state index contributed by atoms with van der Waals surface area (Å²) in [6.45, 7) is 1.45. The first-order valence-electron chi connectivity index (χ1n) is 6.91. The number of hydrogen-bond donors (Lipinski definition) is 2. The van der Waals surface area contributed by atoms with Crippen molar-refractivity contribution in [2.75, 3.05) is 10.6 Å². The average Bonchev–Trinajstić information content (AvgIpc) is 2.50. The topological polar surface area (TPSA) is 75.3 Å². The zero-order chi connectivity index (χ0) is 16.8. The van der Waals surface area contributed by atoms with Crippen LogP contribution >= 0.6 is 0 Å². The molecular formula is C17H15FN2O3. The normalized spacial score (nSPS) is 10.0. The minimum Gasteiger partial charge on any atom is -0.326 e. The summed E-state index contributed by atoms with van der Waals surface area (Å²) in [7, 11) is 0. The lowest BCUT2D eigenvalue weighted by molar-refractivity contribution is -0.123. The number of amides is 2. The summed E-state index contributed by atoms with van der Waals surface area (Å²) in [6.07, 6.45) is -0.442. The Balaban J connectivity index is 1.90. The molecule has 0 heterocycles. The molecule has 0 saturated carbocycles. The van der Waals surface area contributed by atoms with Gasteiger partial charge in [-0.15, -0.1) is 0 Å². The van der Waals surface area contributed by atoms with Crippen LogP contribution in [0.4, 0.5) is 15.8 Å². The van der Waals surface area contributed by atoms with Crippen molar-refractivity contribution >= 4 is 29.0 Å². The Morgan fingerprint density at radius 3 is 2.13 bits per heavy atom. The molecule has 0 bridgehead atoms. The van der Waals surface area contributed by atoms with E-state index in [9.17, 15) is 18.8 Å². The van der Waals surface area contributed by atoms with Gasteiger partial charge in [-0.05, 0) is 43.3 Å². The summed E-state index contributed by atoms with van der Waals surface area (Å²) in [5.41, 5.74) is 1.02. The Kier molecular flexibility index (Phi) is 5.19. The van der Waals surface area contributed by atoms with E-state index in [0.29, 0.717) is 11.3 Å². The molecule has 0 aliphatic heterocycles. The second kappa shape index (κ2) is 7.31. The molecule has 0 aliphatic carbocycles. The van der Waals surface area contributed by atoms with Crippen LogP contribution in [0.15, 0.2) is 48.5 Å². The lowest BCUT2D eigenvalue weighted by Gasteiger charge is -2.07. The second-order valence-corrected chi connectivity index (χ2v) is 4.89. The number of Topliss-reactive ketones (excluding diaryl/α,β-unsaturated/α-hetero) is 1. The van der Waals surface area contributed by atoms with Gasteiger partial charge in [0, 0.05) is 11.3 Å². The molecule has 2 aromatic carbocycles. The standard InChI is InChI=1S/C17H15FN2O3/c1-11(21)12-6-8-13(9-7-12)19-16(22)10-17(23)20-15-5-3-2-4-14(15)18/h2-9H,10H2,1H3,(H,19,22)(H,20,23). The number of anilines is 2. The molecule has 0 unspecified atom stereocenters. The van der Waals surface area contributed by atoms with Crippen molar-refractivity contribution in [3.05, 3.63) is 59.9 Å². The number of rotatable bonds is 5. The maximum Gasteiger partial charge on any atom is 0.233 e. The fourth-order valence-corrected chi connectivity index (χ4v) is 1.90. The lowest BCUT2D eigenvalue weighted by atomic mass is 10.1. The number of carbonyl (C=O) groups is 3. The van der Waals surface area contributed by atoms with Crippen LogP contribution in [0, 0.1) is 5.82 Å². The molecule has 6 heteroatoms. The molecule has 118 valence electrons. The third kappa shape index (κ3) is 4.74. The van der Waals surface area contributed by atoms with Crippen molar-refractivity contribution in [2.24, 2.45) is 0 Å². The monoisotopic (exact) mass is 314 g/mol. The average molecular weight is 314 g/mol. The fraction of sp³-hybridized carbons (Fsp3) is 0.118. The molecule has 2 rings (SSSR count). The van der Waals surface area contributed by atoms with Crippen LogP contribution in [0.2, 0.25) is 0 Å². The Morgan fingerprint density at radius 2 is 1.52 bits per heavy atom. The summed E-state index contributed by atoms with van der Waals surface area (Å²) < 4.78 is 13.4. The summed E-state index contributed by atoms with van der Waals surface area (Å²) in [5.74, 6) is -1.80. The van der Waals surface area contributed by atoms with Crippen LogP contribution < -0.4 is 10.6 Å². The molecule has 2 N–H and O–H groups in total. The number of nitrogens with one attached hydrogen (secondary N) is 2. The van der Waals surface area contributed by atoms with E-state index in [2.05, 4.69) is 10.6 Å². The Bertz CT molecular complexity index is 742. The van der Waals surface area contributed by atoms with Crippen LogP contribution in [-0.4, -0.2) is 17.6 Å². The Morgan fingerprint density at radius 1 is 0.913 bits per heavy atom. The number of benzene rings is 2. The van der Waals surface area contributed by atoms with Crippen molar-refractivity contribution in [1.29, 1.82) is 0 Å². The van der Waals surface area contributed by atoms with E-state index in [-0.39, 0.29) is 11.5 Å². The van der Waals surface area contributed by atoms with Gasteiger partial charge in [-0.25, -0.2) is 4.39 Å². The summed E-state index contributed by atoms with van der Waals surface area (Å²) in [5, 5.41) is 4.87. The predicted octanol–water partition coefficient (Wildman–Crippen LogP) is 3.00. The van der Waals surface area contributed by atoms with E-state index in [4.69, 9.17) is 0 Å². The molecule has 0 saturated heterocycles. The van der Waals surface area contributed by atoms with E-state index in [1.165, 1.54) is 25.1 Å². The van der Waals surface area contributed by atoms with E-state index >= 15 is 0 Å². The van der Waals surface area contributed by atoms with E-state index in [1.807, 2.05) is 0 Å². The minimum atomic E-state index is -0.618. The summed E-state index contributed by atoms with van der Waals surface area (Å²) in [6, 6.07) is 12.0. The SMILES string of the molecule is CC(=O)c1ccc(NC(=O)CC(=O)Nc2ccccc2F)cc1. The van der Waals surface area contributed by atoms with Gasteiger partial charge in [0.15, 0.2) is 5.78 Å². The molecule has 0 fully saturated rings. The van der Waals surface area contributed by atoms with Gasteiger partial charge in [0.25, 0.3) is 0 Å². The van der Waals surface area contributed by atoms with E-state index in [1.54, 1.807) is 30.3 Å². The number of para-hydroxylation sites is 1. The van der Waals surface area contributed by atoms with Crippen molar-refractivity contribution < 1.29 is 18.8 Å². The minimum absolute atomic E-state index is 0.0242. The third-order valence-corrected chi connectivity index (χ3v) is 3.04. The third-order valence-electron chi connectivity index (χ3n) is 3.04. The lowest BCUT2D eigenvalue weighted by Crippen LogP contribution is -2.21. The molecule has 0 atom stereocenters. The van der Waals surface area contributed by atoms with Crippen molar-refractivity contribution in [1.82, 2.24) is 0 Å². The number of halogens is 1. The van der Waals surface area contributed by atoms with E-state index in [0.717, 1.165) is 0 Å². The van der Waals surface area contributed by atoms with Crippen molar-refractivity contribution in [3.8, 4) is 0 Å². The van der Waals surface area contributed by atoms with Gasteiger partial charge in [-0.1, -0.05) is 12.1 Å². The number of hydrogen-bond acceptors (Lipinski definition) is 3. The fourth-order valence-electron chi connectivity index (χ4n) is 1.90. The molecule has 0 aromatic heterocycles. The van der Waals surface area contributed by atoms with Crippen LogP contribution in [0.25, 0.3) is 0 Å². The highest BCUT2D eigenvalue weighted by Crippen LogP contribution is 2.13. The molecule has 0 spiro atoms. The van der Waals surface area contributed by atoms with Crippen molar-refractivity contribution in [2.45, 2.75) is 13.3 Å². The molecule has 2 aromatic rings. The van der Waals surface area contributed by atoms with Crippen LogP contribution in [0.3, 0.4) is 0 Å². The largest absolute Gasteiger partial charge is 0.326 e. The highest BCUT2D eigenvalue weighted by Gasteiger charge is 2.12. The van der Waals surface area contributed by atoms with Crippen molar-refractivity contribution in [3.63, 3.8) is 0 Å². The Labute approximate surface area is 132 Å². The summed E-state index contributed by atoms with van der Waals surface area (Å²) in [4.78, 5) is 34.7. The van der Waals surface area contributed by atoms with Crippen LogP contribution in [0.1, 0.15) is 23.7 Å². The van der Waals surface area contributed by atoms with Gasteiger partial charge >= 0.3 is 0 Å². The summed E-state index contributed by atoms with van der Waals surface area (Å²) >= 11 is 0.